The number of hydrogen-bond acceptors (Lipinski definition) is 2. The molecule has 0 aliphatic heterocycles. The van der Waals surface area contributed by atoms with Crippen LogP contribution in [-0.2, 0) is 19.4 Å². The third kappa shape index (κ3) is 2.35. The van der Waals surface area contributed by atoms with Crippen molar-refractivity contribution in [1.82, 2.24) is 4.98 Å². The van der Waals surface area contributed by atoms with E-state index in [-0.39, 0.29) is 0 Å². The van der Waals surface area contributed by atoms with E-state index in [1.807, 2.05) is 0 Å². The van der Waals surface area contributed by atoms with Crippen molar-refractivity contribution >= 4 is 0 Å². The minimum Gasteiger partial charge on any atom is -0.487 e. The highest BCUT2D eigenvalue weighted by atomic mass is 19.1. The molecule has 1 heterocycles. The molecule has 0 spiro atoms. The van der Waals surface area contributed by atoms with Gasteiger partial charge in [0.1, 0.15) is 12.4 Å². The van der Waals surface area contributed by atoms with Gasteiger partial charge >= 0.3 is 0 Å². The molecule has 0 N–H and O–H groups in total. The van der Waals surface area contributed by atoms with Gasteiger partial charge in [0.15, 0.2) is 0 Å². The van der Waals surface area contributed by atoms with Crippen LogP contribution in [0.5, 0.6) is 5.75 Å². The summed E-state index contributed by atoms with van der Waals surface area (Å²) >= 11 is 0. The smallest absolute Gasteiger partial charge is 0.213 e. The lowest BCUT2D eigenvalue weighted by atomic mass is 10.1. The Hall–Kier alpha value is -1.90. The third-order valence-electron chi connectivity index (χ3n) is 3.27. The van der Waals surface area contributed by atoms with Crippen LogP contribution in [0.15, 0.2) is 36.5 Å². The lowest BCUT2D eigenvalue weighted by Crippen LogP contribution is -1.97. The highest BCUT2D eigenvalue weighted by Gasteiger charge is 2.10. The molecule has 1 aromatic carbocycles. The fourth-order valence-electron chi connectivity index (χ4n) is 2.33. The summed E-state index contributed by atoms with van der Waals surface area (Å²) in [4.78, 5) is 3.56. The van der Waals surface area contributed by atoms with Crippen LogP contribution >= 0.6 is 0 Å². The van der Waals surface area contributed by atoms with E-state index >= 15 is 0 Å². The van der Waals surface area contributed by atoms with Crippen LogP contribution in [-0.4, -0.2) is 4.98 Å². The number of pyridine rings is 1. The molecule has 2 aromatic rings. The molecule has 0 bridgehead atoms. The third-order valence-corrected chi connectivity index (χ3v) is 3.27. The normalized spacial score (nSPS) is 13.4. The Morgan fingerprint density at radius 2 is 2.00 bits per heavy atom. The first-order chi connectivity index (χ1) is 8.81. The maximum atomic E-state index is 12.6. The predicted molar refractivity (Wildman–Crippen MR) is 67.0 cm³/mol. The number of fused-ring (bicyclic) bond motifs is 1. The second-order valence-electron chi connectivity index (χ2n) is 4.56. The lowest BCUT2D eigenvalue weighted by molar-refractivity contribution is 0.304. The molecule has 0 saturated heterocycles. The number of ether oxygens (including phenoxy) is 1. The number of rotatable bonds is 3. The van der Waals surface area contributed by atoms with E-state index in [1.54, 1.807) is 6.07 Å². The first-order valence-electron chi connectivity index (χ1n) is 6.16. The lowest BCUT2D eigenvalue weighted by Gasteiger charge is -2.07. The zero-order chi connectivity index (χ0) is 12.4. The average molecular weight is 243 g/mol. The molecule has 1 aromatic heterocycles. The molecule has 2 nitrogen and oxygen atoms in total. The zero-order valence-corrected chi connectivity index (χ0v) is 10.0. The highest BCUT2D eigenvalue weighted by molar-refractivity contribution is 5.35. The number of halogens is 1. The van der Waals surface area contributed by atoms with Crippen LogP contribution in [0.1, 0.15) is 23.1 Å². The number of aromatic nitrogens is 1. The largest absolute Gasteiger partial charge is 0.487 e. The van der Waals surface area contributed by atoms with Crippen molar-refractivity contribution in [2.75, 3.05) is 0 Å². The van der Waals surface area contributed by atoms with Gasteiger partial charge in [-0.3, -0.25) is 0 Å². The Bertz CT molecular complexity index is 551. The van der Waals surface area contributed by atoms with Crippen molar-refractivity contribution in [3.8, 4) is 5.75 Å². The van der Waals surface area contributed by atoms with Gasteiger partial charge in [-0.25, -0.2) is 4.98 Å². The predicted octanol–water partition coefficient (Wildman–Crippen LogP) is 3.29. The molecule has 0 fully saturated rings. The van der Waals surface area contributed by atoms with Crippen molar-refractivity contribution in [3.05, 3.63) is 59.2 Å². The molecule has 3 rings (SSSR count). The Kier molecular flexibility index (Phi) is 2.97. The highest BCUT2D eigenvalue weighted by Crippen LogP contribution is 2.23. The summed E-state index contributed by atoms with van der Waals surface area (Å²) in [5, 5.41) is 0. The van der Waals surface area contributed by atoms with Crippen LogP contribution in [0, 0.1) is 5.95 Å². The van der Waals surface area contributed by atoms with Gasteiger partial charge in [0.2, 0.25) is 5.95 Å². The van der Waals surface area contributed by atoms with Gasteiger partial charge in [-0.1, -0.05) is 18.2 Å². The first-order valence-corrected chi connectivity index (χ1v) is 6.16. The van der Waals surface area contributed by atoms with Gasteiger partial charge in [-0.15, -0.1) is 0 Å². The van der Waals surface area contributed by atoms with Gasteiger partial charge < -0.3 is 4.74 Å². The molecule has 0 atom stereocenters. The Morgan fingerprint density at radius 1 is 1.11 bits per heavy atom. The van der Waals surface area contributed by atoms with Crippen LogP contribution in [0.3, 0.4) is 0 Å². The molecule has 92 valence electrons. The van der Waals surface area contributed by atoms with Crippen LogP contribution in [0.25, 0.3) is 0 Å². The summed E-state index contributed by atoms with van der Waals surface area (Å²) in [5.41, 5.74) is 4.05. The van der Waals surface area contributed by atoms with Crippen LogP contribution < -0.4 is 4.74 Å². The second-order valence-corrected chi connectivity index (χ2v) is 4.56. The fourth-order valence-corrected chi connectivity index (χ4v) is 2.33. The quantitative estimate of drug-likeness (QED) is 0.772. The topological polar surface area (TPSA) is 22.1 Å². The Labute approximate surface area is 105 Å². The Morgan fingerprint density at radius 3 is 2.83 bits per heavy atom. The molecule has 18 heavy (non-hydrogen) atoms. The monoisotopic (exact) mass is 243 g/mol. The fraction of sp³-hybridized carbons (Fsp3) is 0.267. The van der Waals surface area contributed by atoms with E-state index in [1.165, 1.54) is 42.7 Å². The summed E-state index contributed by atoms with van der Waals surface area (Å²) in [5.74, 6) is 0.108. The standard InChI is InChI=1S/C15H14FNO/c16-15-7-6-14(9-17-15)18-10-11-4-5-12-2-1-3-13(12)8-11/h4-9H,1-3,10H2. The molecule has 0 saturated carbocycles. The van der Waals surface area contributed by atoms with Crippen molar-refractivity contribution in [2.24, 2.45) is 0 Å². The number of aryl methyl sites for hydroxylation is 2. The average Bonchev–Trinajstić information content (AvgIpc) is 2.85. The van der Waals surface area contributed by atoms with E-state index in [0.717, 1.165) is 5.56 Å². The first kappa shape index (κ1) is 11.2. The second kappa shape index (κ2) is 4.77. The molecule has 1 aliphatic rings. The van der Waals surface area contributed by atoms with E-state index in [2.05, 4.69) is 23.2 Å². The molecular weight excluding hydrogens is 229 g/mol. The van der Waals surface area contributed by atoms with Crippen LogP contribution in [0.2, 0.25) is 0 Å². The minimum atomic E-state index is -0.486. The summed E-state index contributed by atoms with van der Waals surface area (Å²) in [6.07, 6.45) is 5.02. The summed E-state index contributed by atoms with van der Waals surface area (Å²) in [6.45, 7) is 0.501. The SMILES string of the molecule is Fc1ccc(OCc2ccc3c(c2)CCC3)cn1. The van der Waals surface area contributed by atoms with E-state index in [9.17, 15) is 4.39 Å². The van der Waals surface area contributed by atoms with Gasteiger partial charge in [0.05, 0.1) is 6.20 Å². The van der Waals surface area contributed by atoms with Gasteiger partial charge in [0, 0.05) is 0 Å². The summed E-state index contributed by atoms with van der Waals surface area (Å²) in [7, 11) is 0. The van der Waals surface area contributed by atoms with Crippen molar-refractivity contribution < 1.29 is 9.13 Å². The molecule has 0 amide bonds. The van der Waals surface area contributed by atoms with E-state index < -0.39 is 5.95 Å². The van der Waals surface area contributed by atoms with Gasteiger partial charge in [-0.2, -0.15) is 4.39 Å². The summed E-state index contributed by atoms with van der Waals surface area (Å²) < 4.78 is 18.2. The van der Waals surface area contributed by atoms with Crippen molar-refractivity contribution in [1.29, 1.82) is 0 Å². The number of nitrogens with zero attached hydrogens (tertiary/aromatic N) is 1. The van der Waals surface area contributed by atoms with Gasteiger partial charge in [-0.05, 0) is 48.1 Å². The van der Waals surface area contributed by atoms with Gasteiger partial charge in [0.25, 0.3) is 0 Å². The molecule has 1 aliphatic carbocycles. The number of hydrogen-bond donors (Lipinski definition) is 0. The minimum absolute atomic E-state index is 0.486. The maximum absolute atomic E-state index is 12.6. The van der Waals surface area contributed by atoms with E-state index in [4.69, 9.17) is 4.74 Å². The molecule has 0 unspecified atom stereocenters. The Balaban J connectivity index is 1.68. The zero-order valence-electron chi connectivity index (χ0n) is 10.0. The maximum Gasteiger partial charge on any atom is 0.213 e. The summed E-state index contributed by atoms with van der Waals surface area (Å²) in [6, 6.07) is 9.39. The molecule has 0 radical (unpaired) electrons. The van der Waals surface area contributed by atoms with Crippen molar-refractivity contribution in [3.63, 3.8) is 0 Å². The van der Waals surface area contributed by atoms with Crippen molar-refractivity contribution in [2.45, 2.75) is 25.9 Å². The van der Waals surface area contributed by atoms with Crippen LogP contribution in [0.4, 0.5) is 4.39 Å². The van der Waals surface area contributed by atoms with E-state index in [0.29, 0.717) is 12.4 Å². The molecular formula is C15H14FNO. The number of benzene rings is 1. The molecule has 3 heteroatoms.